The van der Waals surface area contributed by atoms with Crippen LogP contribution in [0.2, 0.25) is 0 Å². The number of Topliss-reactive ketones (excluding diaryl/α,β-unsaturated/α-hetero) is 1. The number of hydrogen-bond acceptors (Lipinski definition) is 14. The monoisotopic (exact) mass is 934 g/mol. The summed E-state index contributed by atoms with van der Waals surface area (Å²) in [5.74, 6) is -2.40. The van der Waals surface area contributed by atoms with Gasteiger partial charge >= 0.3 is 6.16 Å². The molecule has 67 heavy (non-hydrogen) atoms. The molecule has 4 rings (SSSR count). The summed E-state index contributed by atoms with van der Waals surface area (Å²) in [7, 11) is 9.60. The number of likely N-dealkylation sites (N-methyl/N-ethyl adjacent to an activating group) is 2. The number of fused-ring (bicyclic) bond motifs is 1. The standard InChI is InChI=1S/C48H66N6O13/c1-12-29(4)44(52(8)42(57)26-50-47(59)43(28(2)3)51(6)7)40(64-10)24-41(56)53-27-37(67-48(60)66-35-19-16-34(17-20-35)54(61)62)23-38(53)45(65-11)30(5)46(58)49-25-39(55)33-14-13-32-22-36(63-9)18-15-31(32)21-33/h13-22,28-30,37-38,40,43-45H,12,23-27H2,1-11H3,(H,49,58)(H,50,59)/t29-,30?,37?,38-,40?,43?,44?,45?/m0/s1. The number of nitrogens with one attached hydrogen (secondary N) is 2. The summed E-state index contributed by atoms with van der Waals surface area (Å²) >= 11 is 0. The van der Waals surface area contributed by atoms with Crippen LogP contribution in [0.15, 0.2) is 60.7 Å². The van der Waals surface area contributed by atoms with Crippen molar-refractivity contribution in [1.82, 2.24) is 25.3 Å². The van der Waals surface area contributed by atoms with Gasteiger partial charge < -0.3 is 44.1 Å². The van der Waals surface area contributed by atoms with Gasteiger partial charge in [-0.1, -0.05) is 59.2 Å². The Hall–Kier alpha value is -6.18. The predicted molar refractivity (Wildman–Crippen MR) is 249 cm³/mol. The van der Waals surface area contributed by atoms with E-state index in [1.54, 1.807) is 64.3 Å². The Bertz CT molecular complexity index is 2210. The van der Waals surface area contributed by atoms with E-state index in [0.29, 0.717) is 17.7 Å². The lowest BCUT2D eigenvalue weighted by atomic mass is 9.90. The molecule has 8 atom stereocenters. The highest BCUT2D eigenvalue weighted by Gasteiger charge is 2.46. The quantitative estimate of drug-likeness (QED) is 0.0426. The van der Waals surface area contributed by atoms with Crippen molar-refractivity contribution in [3.8, 4) is 11.5 Å². The zero-order valence-electron chi connectivity index (χ0n) is 40.3. The Kier molecular flexibility index (Phi) is 19.6. The Morgan fingerprint density at radius 2 is 1.46 bits per heavy atom. The fourth-order valence-corrected chi connectivity index (χ4v) is 8.76. The van der Waals surface area contributed by atoms with E-state index >= 15 is 0 Å². The number of likely N-dealkylation sites (tertiary alicyclic amines) is 1. The van der Waals surface area contributed by atoms with Gasteiger partial charge in [0.25, 0.3) is 5.69 Å². The smallest absolute Gasteiger partial charge is 0.497 e. The Labute approximate surface area is 391 Å². The van der Waals surface area contributed by atoms with E-state index in [2.05, 4.69) is 10.6 Å². The molecule has 0 aliphatic carbocycles. The van der Waals surface area contributed by atoms with Crippen LogP contribution in [0.3, 0.4) is 0 Å². The Morgan fingerprint density at radius 1 is 0.836 bits per heavy atom. The molecule has 2 N–H and O–H groups in total. The van der Waals surface area contributed by atoms with E-state index in [4.69, 9.17) is 23.7 Å². The van der Waals surface area contributed by atoms with Crippen molar-refractivity contribution in [2.24, 2.45) is 17.8 Å². The topological polar surface area (TPSA) is 225 Å². The molecule has 1 aliphatic heterocycles. The van der Waals surface area contributed by atoms with E-state index in [1.807, 2.05) is 39.8 Å². The zero-order chi connectivity index (χ0) is 49.7. The second-order valence-electron chi connectivity index (χ2n) is 17.5. The summed E-state index contributed by atoms with van der Waals surface area (Å²) < 4.78 is 28.2. The Balaban J connectivity index is 1.55. The maximum Gasteiger partial charge on any atom is 0.514 e. The van der Waals surface area contributed by atoms with Crippen molar-refractivity contribution >= 4 is 52.0 Å². The third-order valence-corrected chi connectivity index (χ3v) is 12.5. The number of carbonyl (C=O) groups excluding carboxylic acids is 6. The van der Waals surface area contributed by atoms with Gasteiger partial charge in [-0.15, -0.1) is 0 Å². The van der Waals surface area contributed by atoms with Crippen molar-refractivity contribution in [2.75, 3.05) is 62.1 Å². The molecule has 1 heterocycles. The van der Waals surface area contributed by atoms with Gasteiger partial charge in [0.05, 0.1) is 74.3 Å². The molecule has 1 aliphatic rings. The lowest BCUT2D eigenvalue weighted by Crippen LogP contribution is -2.55. The second kappa shape index (κ2) is 24.5. The summed E-state index contributed by atoms with van der Waals surface area (Å²) in [5.41, 5.74) is 0.190. The van der Waals surface area contributed by atoms with Gasteiger partial charge in [0, 0.05) is 45.4 Å². The van der Waals surface area contributed by atoms with Crippen molar-refractivity contribution in [3.05, 3.63) is 76.3 Å². The van der Waals surface area contributed by atoms with E-state index in [9.17, 15) is 38.9 Å². The largest absolute Gasteiger partial charge is 0.514 e. The number of ketones is 1. The van der Waals surface area contributed by atoms with Gasteiger partial charge in [-0.3, -0.25) is 39.0 Å². The van der Waals surface area contributed by atoms with Gasteiger partial charge in [0.15, 0.2) is 5.78 Å². The van der Waals surface area contributed by atoms with E-state index < -0.39 is 65.2 Å². The first-order valence-corrected chi connectivity index (χ1v) is 22.3. The molecule has 0 radical (unpaired) electrons. The van der Waals surface area contributed by atoms with Crippen molar-refractivity contribution in [1.29, 1.82) is 0 Å². The van der Waals surface area contributed by atoms with Gasteiger partial charge in [0.2, 0.25) is 23.6 Å². The van der Waals surface area contributed by atoms with E-state index in [1.165, 1.54) is 48.3 Å². The SMILES string of the molecule is CC[C@H](C)C(C(CC(=O)N1CC(OC(=O)Oc2ccc([N+](=O)[O-])cc2)C[C@H]1C(OC)C(C)C(=O)NCC(=O)c1ccc2cc(OC)ccc2c1)OC)N(C)C(=O)CNC(=O)C(C(C)C)N(C)C. The molecule has 19 heteroatoms. The summed E-state index contributed by atoms with van der Waals surface area (Å²) in [4.78, 5) is 96.9. The van der Waals surface area contributed by atoms with Gasteiger partial charge in [-0.05, 0) is 67.0 Å². The van der Waals surface area contributed by atoms with Crippen LogP contribution in [0.25, 0.3) is 10.8 Å². The summed E-state index contributed by atoms with van der Waals surface area (Å²) in [6.07, 6.45) is -3.46. The number of nitrogens with zero attached hydrogens (tertiary/aromatic N) is 4. The van der Waals surface area contributed by atoms with Crippen LogP contribution in [0.1, 0.15) is 64.2 Å². The number of non-ortho nitro benzene ring substituents is 1. The fourth-order valence-electron chi connectivity index (χ4n) is 8.76. The molecule has 0 spiro atoms. The number of ether oxygens (including phenoxy) is 5. The number of nitro groups is 1. The molecule has 366 valence electrons. The average Bonchev–Trinajstić information content (AvgIpc) is 3.71. The Morgan fingerprint density at radius 3 is 2.04 bits per heavy atom. The molecule has 3 aromatic rings. The van der Waals surface area contributed by atoms with Crippen LogP contribution >= 0.6 is 0 Å². The predicted octanol–water partition coefficient (Wildman–Crippen LogP) is 4.87. The first kappa shape index (κ1) is 53.4. The van der Waals surface area contributed by atoms with Gasteiger partial charge in [-0.2, -0.15) is 0 Å². The number of carbonyl (C=O) groups is 6. The minimum absolute atomic E-state index is 0.00805. The van der Waals surface area contributed by atoms with Crippen LogP contribution in [-0.4, -0.2) is 154 Å². The minimum atomic E-state index is -1.12. The minimum Gasteiger partial charge on any atom is -0.497 e. The maximum absolute atomic E-state index is 14.6. The lowest BCUT2D eigenvalue weighted by Gasteiger charge is -2.39. The highest BCUT2D eigenvalue weighted by Crippen LogP contribution is 2.32. The number of nitro benzene ring substituents is 1. The van der Waals surface area contributed by atoms with Crippen LogP contribution < -0.4 is 20.1 Å². The molecular weight excluding hydrogens is 869 g/mol. The lowest BCUT2D eigenvalue weighted by molar-refractivity contribution is -0.384. The number of methoxy groups -OCH3 is 3. The zero-order valence-corrected chi connectivity index (χ0v) is 40.3. The third-order valence-electron chi connectivity index (χ3n) is 12.5. The third kappa shape index (κ3) is 13.9. The number of amides is 4. The van der Waals surface area contributed by atoms with Gasteiger partial charge in [-0.25, -0.2) is 4.79 Å². The first-order chi connectivity index (χ1) is 31.7. The molecule has 0 aromatic heterocycles. The molecule has 1 fully saturated rings. The molecule has 0 saturated carbocycles. The van der Waals surface area contributed by atoms with Crippen molar-refractivity contribution < 1.29 is 57.4 Å². The van der Waals surface area contributed by atoms with Crippen LogP contribution in [0, 0.1) is 27.9 Å². The summed E-state index contributed by atoms with van der Waals surface area (Å²) in [6.45, 7) is 8.62. The summed E-state index contributed by atoms with van der Waals surface area (Å²) in [6, 6.07) is 13.6. The van der Waals surface area contributed by atoms with E-state index in [0.717, 1.165) is 10.8 Å². The number of benzene rings is 3. The number of rotatable bonds is 23. The fraction of sp³-hybridized carbons (Fsp3) is 0.542. The van der Waals surface area contributed by atoms with Crippen molar-refractivity contribution in [3.63, 3.8) is 0 Å². The molecule has 19 nitrogen and oxygen atoms in total. The second-order valence-corrected chi connectivity index (χ2v) is 17.5. The molecular formula is C48H66N6O13. The first-order valence-electron chi connectivity index (χ1n) is 22.3. The van der Waals surface area contributed by atoms with Gasteiger partial charge in [0.1, 0.15) is 17.6 Å². The molecule has 0 bridgehead atoms. The van der Waals surface area contributed by atoms with Crippen LogP contribution in [-0.2, 0) is 33.4 Å². The molecule has 3 aromatic carbocycles. The molecule has 4 amide bonds. The normalized spacial score (nSPS) is 17.5. The van der Waals surface area contributed by atoms with Crippen LogP contribution in [0.4, 0.5) is 10.5 Å². The molecule has 6 unspecified atom stereocenters. The highest BCUT2D eigenvalue weighted by atomic mass is 16.7. The van der Waals surface area contributed by atoms with Crippen LogP contribution in [0.5, 0.6) is 11.5 Å². The average molecular weight is 935 g/mol. The van der Waals surface area contributed by atoms with E-state index in [-0.39, 0.29) is 73.3 Å². The number of hydrogen-bond donors (Lipinski definition) is 2. The van der Waals surface area contributed by atoms with Crippen molar-refractivity contribution in [2.45, 2.75) is 90.3 Å². The molecule has 1 saturated heterocycles. The highest BCUT2D eigenvalue weighted by molar-refractivity contribution is 6.02. The summed E-state index contributed by atoms with van der Waals surface area (Å²) in [5, 5.41) is 18.3. The maximum atomic E-state index is 14.6.